The zero-order valence-corrected chi connectivity index (χ0v) is 6.65. The number of hydrogen-bond acceptors (Lipinski definition) is 2. The summed E-state index contributed by atoms with van der Waals surface area (Å²) in [4.78, 5) is 0. The van der Waals surface area contributed by atoms with Crippen molar-refractivity contribution in [2.75, 3.05) is 17.6 Å². The fraction of sp³-hybridized carbons (Fsp3) is 0.333. The number of rotatable bonds is 0. The van der Waals surface area contributed by atoms with Gasteiger partial charge in [-0.15, -0.1) is 0 Å². The molecule has 0 fully saturated rings. The van der Waals surface area contributed by atoms with Gasteiger partial charge < -0.3 is 11.1 Å². The predicted octanol–water partition coefficient (Wildman–Crippen LogP) is 1.55. The van der Waals surface area contributed by atoms with E-state index in [1.165, 1.54) is 11.1 Å². The Morgan fingerprint density at radius 2 is 2.27 bits per heavy atom. The number of anilines is 2. The highest BCUT2D eigenvalue weighted by molar-refractivity contribution is 5.74. The fourth-order valence-electron chi connectivity index (χ4n) is 1.61. The van der Waals surface area contributed by atoms with E-state index in [4.69, 9.17) is 5.73 Å². The smallest absolute Gasteiger partial charge is 0.0609 e. The Kier molecular flexibility index (Phi) is 1.28. The molecule has 1 aliphatic rings. The van der Waals surface area contributed by atoms with E-state index in [9.17, 15) is 0 Å². The van der Waals surface area contributed by atoms with E-state index in [1.54, 1.807) is 0 Å². The SMILES string of the molecule is Cc1ccc(N)c2c1CCN2. The van der Waals surface area contributed by atoms with Gasteiger partial charge in [0.2, 0.25) is 0 Å². The van der Waals surface area contributed by atoms with Gasteiger partial charge in [0.05, 0.1) is 11.4 Å². The van der Waals surface area contributed by atoms with Crippen LogP contribution in [0, 0.1) is 6.92 Å². The highest BCUT2D eigenvalue weighted by Gasteiger charge is 2.13. The molecule has 11 heavy (non-hydrogen) atoms. The number of nitrogens with one attached hydrogen (secondary N) is 1. The summed E-state index contributed by atoms with van der Waals surface area (Å²) in [6, 6.07) is 4.05. The molecule has 1 aromatic carbocycles. The Balaban J connectivity index is 2.64. The van der Waals surface area contributed by atoms with Crippen LogP contribution in [0.4, 0.5) is 11.4 Å². The van der Waals surface area contributed by atoms with Gasteiger partial charge in [0, 0.05) is 6.54 Å². The van der Waals surface area contributed by atoms with Crippen LogP contribution in [-0.4, -0.2) is 6.54 Å². The maximum Gasteiger partial charge on any atom is 0.0609 e. The van der Waals surface area contributed by atoms with Crippen LogP contribution >= 0.6 is 0 Å². The van der Waals surface area contributed by atoms with E-state index in [-0.39, 0.29) is 0 Å². The lowest BCUT2D eigenvalue weighted by Gasteiger charge is -2.05. The first-order valence-corrected chi connectivity index (χ1v) is 3.91. The van der Waals surface area contributed by atoms with Crippen molar-refractivity contribution in [2.24, 2.45) is 0 Å². The molecular weight excluding hydrogens is 136 g/mol. The van der Waals surface area contributed by atoms with Crippen molar-refractivity contribution in [3.63, 3.8) is 0 Å². The molecule has 0 unspecified atom stereocenters. The van der Waals surface area contributed by atoms with Crippen LogP contribution in [0.1, 0.15) is 11.1 Å². The summed E-state index contributed by atoms with van der Waals surface area (Å²) in [6.07, 6.45) is 1.12. The maximum absolute atomic E-state index is 5.78. The lowest BCUT2D eigenvalue weighted by atomic mass is 10.1. The summed E-state index contributed by atoms with van der Waals surface area (Å²) in [6.45, 7) is 3.16. The van der Waals surface area contributed by atoms with Crippen molar-refractivity contribution in [3.8, 4) is 0 Å². The van der Waals surface area contributed by atoms with Crippen LogP contribution in [0.25, 0.3) is 0 Å². The van der Waals surface area contributed by atoms with Crippen LogP contribution in [0.2, 0.25) is 0 Å². The van der Waals surface area contributed by atoms with Crippen LogP contribution in [0.15, 0.2) is 12.1 Å². The molecule has 58 valence electrons. The van der Waals surface area contributed by atoms with E-state index in [2.05, 4.69) is 18.3 Å². The third kappa shape index (κ3) is 0.862. The second-order valence-corrected chi connectivity index (χ2v) is 3.00. The van der Waals surface area contributed by atoms with E-state index in [0.29, 0.717) is 0 Å². The zero-order valence-electron chi connectivity index (χ0n) is 6.65. The zero-order chi connectivity index (χ0) is 7.84. The van der Waals surface area contributed by atoms with Gasteiger partial charge in [-0.3, -0.25) is 0 Å². The van der Waals surface area contributed by atoms with Gasteiger partial charge in [-0.2, -0.15) is 0 Å². The molecule has 2 heteroatoms. The van der Waals surface area contributed by atoms with Gasteiger partial charge in [-0.05, 0) is 30.5 Å². The molecule has 0 aromatic heterocycles. The minimum atomic E-state index is 0.878. The Labute approximate surface area is 66.4 Å². The monoisotopic (exact) mass is 148 g/mol. The molecule has 0 saturated carbocycles. The topological polar surface area (TPSA) is 38.0 Å². The second-order valence-electron chi connectivity index (χ2n) is 3.00. The molecule has 1 heterocycles. The number of nitrogen functional groups attached to an aromatic ring is 1. The van der Waals surface area contributed by atoms with Crippen molar-refractivity contribution < 1.29 is 0 Å². The molecule has 0 spiro atoms. The summed E-state index contributed by atoms with van der Waals surface area (Å²) < 4.78 is 0. The highest BCUT2D eigenvalue weighted by Crippen LogP contribution is 2.30. The molecule has 1 aromatic rings. The third-order valence-corrected chi connectivity index (χ3v) is 2.26. The molecular formula is C9H12N2. The second kappa shape index (κ2) is 2.16. The third-order valence-electron chi connectivity index (χ3n) is 2.26. The van der Waals surface area contributed by atoms with Crippen molar-refractivity contribution in [1.82, 2.24) is 0 Å². The van der Waals surface area contributed by atoms with Gasteiger partial charge in [-0.25, -0.2) is 0 Å². The van der Waals surface area contributed by atoms with Crippen LogP contribution < -0.4 is 11.1 Å². The van der Waals surface area contributed by atoms with Crippen molar-refractivity contribution in [3.05, 3.63) is 23.3 Å². The molecule has 0 saturated heterocycles. The van der Waals surface area contributed by atoms with E-state index < -0.39 is 0 Å². The largest absolute Gasteiger partial charge is 0.397 e. The summed E-state index contributed by atoms with van der Waals surface area (Å²) in [5, 5.41) is 3.28. The first-order chi connectivity index (χ1) is 5.29. The number of aryl methyl sites for hydroxylation is 1. The average Bonchev–Trinajstić information content (AvgIpc) is 2.45. The molecule has 1 aliphatic heterocycles. The molecule has 3 N–H and O–H groups in total. The van der Waals surface area contributed by atoms with Crippen LogP contribution in [0.5, 0.6) is 0 Å². The van der Waals surface area contributed by atoms with Gasteiger partial charge in [-0.1, -0.05) is 6.07 Å². The lowest BCUT2D eigenvalue weighted by molar-refractivity contribution is 1.09. The normalized spacial score (nSPS) is 14.3. The standard InChI is InChI=1S/C9H12N2/c1-6-2-3-8(10)9-7(6)4-5-11-9/h2-3,11H,4-5,10H2,1H3. The van der Waals surface area contributed by atoms with Crippen molar-refractivity contribution >= 4 is 11.4 Å². The quantitative estimate of drug-likeness (QED) is 0.548. The molecule has 2 rings (SSSR count). The van der Waals surface area contributed by atoms with E-state index in [1.807, 2.05) is 6.07 Å². The maximum atomic E-state index is 5.78. The summed E-state index contributed by atoms with van der Waals surface area (Å²) in [5.74, 6) is 0. The molecule has 0 amide bonds. The van der Waals surface area contributed by atoms with Crippen LogP contribution in [0.3, 0.4) is 0 Å². The predicted molar refractivity (Wildman–Crippen MR) is 47.8 cm³/mol. The minimum Gasteiger partial charge on any atom is -0.397 e. The number of nitrogens with two attached hydrogens (primary N) is 1. The lowest BCUT2D eigenvalue weighted by Crippen LogP contribution is -1.95. The molecule has 0 radical (unpaired) electrons. The average molecular weight is 148 g/mol. The van der Waals surface area contributed by atoms with Gasteiger partial charge >= 0.3 is 0 Å². The Morgan fingerprint density at radius 3 is 3.00 bits per heavy atom. The van der Waals surface area contributed by atoms with E-state index in [0.717, 1.165) is 24.3 Å². The Morgan fingerprint density at radius 1 is 1.45 bits per heavy atom. The number of benzene rings is 1. The van der Waals surface area contributed by atoms with Crippen LogP contribution in [-0.2, 0) is 6.42 Å². The minimum absolute atomic E-state index is 0.878. The van der Waals surface area contributed by atoms with Crippen molar-refractivity contribution in [2.45, 2.75) is 13.3 Å². The summed E-state index contributed by atoms with van der Waals surface area (Å²) in [5.41, 5.74) is 10.6. The Hall–Kier alpha value is -1.18. The number of fused-ring (bicyclic) bond motifs is 1. The first kappa shape index (κ1) is 6.53. The summed E-state index contributed by atoms with van der Waals surface area (Å²) in [7, 11) is 0. The van der Waals surface area contributed by atoms with E-state index >= 15 is 0 Å². The highest BCUT2D eigenvalue weighted by atomic mass is 14.9. The fourth-order valence-corrected chi connectivity index (χ4v) is 1.61. The molecule has 0 aliphatic carbocycles. The van der Waals surface area contributed by atoms with Gasteiger partial charge in [0.25, 0.3) is 0 Å². The molecule has 2 nitrogen and oxygen atoms in total. The van der Waals surface area contributed by atoms with Gasteiger partial charge in [0.15, 0.2) is 0 Å². The first-order valence-electron chi connectivity index (χ1n) is 3.91. The Bertz CT molecular complexity index is 263. The summed E-state index contributed by atoms with van der Waals surface area (Å²) >= 11 is 0. The number of hydrogen-bond donors (Lipinski definition) is 2. The molecule has 0 atom stereocenters. The van der Waals surface area contributed by atoms with Crippen molar-refractivity contribution in [1.29, 1.82) is 0 Å². The molecule has 0 bridgehead atoms. The van der Waals surface area contributed by atoms with Gasteiger partial charge in [0.1, 0.15) is 0 Å².